The smallest absolute Gasteiger partial charge is 0.338 e. The molecule has 1 aromatic carbocycles. The number of carbonyl (C=O) groups is 2. The molecule has 1 atom stereocenters. The Morgan fingerprint density at radius 3 is 2.57 bits per heavy atom. The second kappa shape index (κ2) is 9.71. The quantitative estimate of drug-likeness (QED) is 0.707. The molecule has 1 N–H and O–H groups in total. The predicted molar refractivity (Wildman–Crippen MR) is 87.0 cm³/mol. The second-order valence-corrected chi connectivity index (χ2v) is 5.13. The number of amides is 1. The molecule has 128 valence electrons. The first-order valence-electron chi connectivity index (χ1n) is 7.79. The van der Waals surface area contributed by atoms with E-state index < -0.39 is 5.97 Å². The maximum Gasteiger partial charge on any atom is 0.338 e. The van der Waals surface area contributed by atoms with Crippen LogP contribution < -0.4 is 14.8 Å². The van der Waals surface area contributed by atoms with Gasteiger partial charge >= 0.3 is 5.97 Å². The highest BCUT2D eigenvalue weighted by molar-refractivity contribution is 5.92. The second-order valence-electron chi connectivity index (χ2n) is 5.13. The summed E-state index contributed by atoms with van der Waals surface area (Å²) >= 11 is 0. The minimum absolute atomic E-state index is 0.0664. The van der Waals surface area contributed by atoms with Crippen LogP contribution in [0.4, 0.5) is 0 Å². The average Bonchev–Trinajstić information content (AvgIpc) is 2.53. The van der Waals surface area contributed by atoms with Crippen LogP contribution in [0.1, 0.15) is 44.0 Å². The van der Waals surface area contributed by atoms with Crippen LogP contribution in [0.25, 0.3) is 0 Å². The van der Waals surface area contributed by atoms with Crippen molar-refractivity contribution >= 4 is 11.9 Å². The number of methoxy groups -OCH3 is 1. The largest absolute Gasteiger partial charge is 0.493 e. The Kier molecular flexibility index (Phi) is 7.94. The Morgan fingerprint density at radius 1 is 1.22 bits per heavy atom. The van der Waals surface area contributed by atoms with Crippen LogP contribution in [-0.4, -0.2) is 38.2 Å². The van der Waals surface area contributed by atoms with E-state index in [2.05, 4.69) is 5.32 Å². The lowest BCUT2D eigenvalue weighted by Crippen LogP contribution is -2.35. The van der Waals surface area contributed by atoms with E-state index in [1.807, 2.05) is 20.8 Å². The van der Waals surface area contributed by atoms with Crippen molar-refractivity contribution in [2.75, 3.05) is 20.3 Å². The first-order valence-corrected chi connectivity index (χ1v) is 7.79. The van der Waals surface area contributed by atoms with E-state index in [9.17, 15) is 9.59 Å². The third kappa shape index (κ3) is 6.18. The Balaban J connectivity index is 2.61. The van der Waals surface area contributed by atoms with Gasteiger partial charge in [-0.2, -0.15) is 0 Å². The molecule has 6 heteroatoms. The first-order chi connectivity index (χ1) is 11.0. The van der Waals surface area contributed by atoms with Gasteiger partial charge in [0.1, 0.15) is 0 Å². The summed E-state index contributed by atoms with van der Waals surface area (Å²) in [6, 6.07) is 4.81. The zero-order chi connectivity index (χ0) is 17.2. The average molecular weight is 323 g/mol. The Morgan fingerprint density at radius 2 is 1.96 bits per heavy atom. The molecule has 0 bridgehead atoms. The third-order valence-electron chi connectivity index (χ3n) is 3.16. The fourth-order valence-corrected chi connectivity index (χ4v) is 2.11. The topological polar surface area (TPSA) is 73.9 Å². The standard InChI is InChI=1S/C17H25NO5/c1-5-7-12(3)18-16(19)11-23-17(20)13-8-9-14(21-4)15(10-13)22-6-2/h8-10,12H,5-7,11H2,1-4H3,(H,18,19)/t12-/m0/s1. The van der Waals surface area contributed by atoms with Gasteiger partial charge in [0, 0.05) is 6.04 Å². The molecule has 0 saturated heterocycles. The molecular weight excluding hydrogens is 298 g/mol. The zero-order valence-corrected chi connectivity index (χ0v) is 14.2. The van der Waals surface area contributed by atoms with Crippen LogP contribution in [0.3, 0.4) is 0 Å². The SMILES string of the molecule is CCC[C@H](C)NC(=O)COC(=O)c1ccc(OC)c(OCC)c1. The van der Waals surface area contributed by atoms with Crippen LogP contribution in [0.15, 0.2) is 18.2 Å². The summed E-state index contributed by atoms with van der Waals surface area (Å²) in [6.45, 7) is 5.95. The molecule has 0 spiro atoms. The van der Waals surface area contributed by atoms with Gasteiger partial charge in [-0.25, -0.2) is 4.79 Å². The molecular formula is C17H25NO5. The number of rotatable bonds is 9. The molecule has 0 radical (unpaired) electrons. The van der Waals surface area contributed by atoms with Gasteiger partial charge in [0.15, 0.2) is 18.1 Å². The van der Waals surface area contributed by atoms with E-state index >= 15 is 0 Å². The van der Waals surface area contributed by atoms with E-state index in [0.29, 0.717) is 23.7 Å². The van der Waals surface area contributed by atoms with Crippen LogP contribution in [0, 0.1) is 0 Å². The number of benzene rings is 1. The monoisotopic (exact) mass is 323 g/mol. The molecule has 0 heterocycles. The van der Waals surface area contributed by atoms with Gasteiger partial charge < -0.3 is 19.5 Å². The van der Waals surface area contributed by atoms with Gasteiger partial charge in [-0.3, -0.25) is 4.79 Å². The fourth-order valence-electron chi connectivity index (χ4n) is 2.11. The molecule has 0 fully saturated rings. The molecule has 6 nitrogen and oxygen atoms in total. The van der Waals surface area contributed by atoms with Crippen molar-refractivity contribution in [1.82, 2.24) is 5.32 Å². The van der Waals surface area contributed by atoms with Crippen molar-refractivity contribution in [3.05, 3.63) is 23.8 Å². The van der Waals surface area contributed by atoms with Crippen LogP contribution in [0.5, 0.6) is 11.5 Å². The number of nitrogens with one attached hydrogen (secondary N) is 1. The van der Waals surface area contributed by atoms with E-state index in [-0.39, 0.29) is 18.6 Å². The Labute approximate surface area is 137 Å². The van der Waals surface area contributed by atoms with Crippen molar-refractivity contribution in [3.8, 4) is 11.5 Å². The number of hydrogen-bond donors (Lipinski definition) is 1. The summed E-state index contributed by atoms with van der Waals surface area (Å²) in [5.41, 5.74) is 0.309. The lowest BCUT2D eigenvalue weighted by Gasteiger charge is -2.13. The van der Waals surface area contributed by atoms with E-state index in [1.165, 1.54) is 7.11 Å². The Hall–Kier alpha value is -2.24. The number of hydrogen-bond acceptors (Lipinski definition) is 5. The van der Waals surface area contributed by atoms with Crippen molar-refractivity contribution in [3.63, 3.8) is 0 Å². The fraction of sp³-hybridized carbons (Fsp3) is 0.529. The molecule has 0 aliphatic carbocycles. The normalized spacial score (nSPS) is 11.5. The van der Waals surface area contributed by atoms with Gasteiger partial charge in [-0.15, -0.1) is 0 Å². The van der Waals surface area contributed by atoms with Crippen molar-refractivity contribution < 1.29 is 23.8 Å². The van der Waals surface area contributed by atoms with E-state index in [4.69, 9.17) is 14.2 Å². The number of ether oxygens (including phenoxy) is 3. The summed E-state index contributed by atoms with van der Waals surface area (Å²) in [6.07, 6.45) is 1.86. The maximum atomic E-state index is 12.0. The van der Waals surface area contributed by atoms with Crippen molar-refractivity contribution in [2.45, 2.75) is 39.7 Å². The molecule has 0 aliphatic heterocycles. The molecule has 1 aromatic rings. The summed E-state index contributed by atoms with van der Waals surface area (Å²) in [5, 5.41) is 2.78. The molecule has 1 amide bonds. The Bertz CT molecular complexity index is 530. The highest BCUT2D eigenvalue weighted by Crippen LogP contribution is 2.28. The molecule has 0 aromatic heterocycles. The summed E-state index contributed by atoms with van der Waals surface area (Å²) in [4.78, 5) is 23.7. The number of carbonyl (C=O) groups excluding carboxylic acids is 2. The predicted octanol–water partition coefficient (Wildman–Crippen LogP) is 2.56. The minimum atomic E-state index is -0.577. The van der Waals surface area contributed by atoms with Gasteiger partial charge in [-0.05, 0) is 38.5 Å². The van der Waals surface area contributed by atoms with E-state index in [0.717, 1.165) is 12.8 Å². The third-order valence-corrected chi connectivity index (χ3v) is 3.16. The molecule has 23 heavy (non-hydrogen) atoms. The maximum absolute atomic E-state index is 12.0. The van der Waals surface area contributed by atoms with Crippen LogP contribution in [0.2, 0.25) is 0 Å². The van der Waals surface area contributed by atoms with Crippen molar-refractivity contribution in [1.29, 1.82) is 0 Å². The highest BCUT2D eigenvalue weighted by Gasteiger charge is 2.14. The molecule has 1 rings (SSSR count). The summed E-state index contributed by atoms with van der Waals surface area (Å²) < 4.78 is 15.6. The molecule has 0 saturated carbocycles. The van der Waals surface area contributed by atoms with Crippen LogP contribution in [-0.2, 0) is 9.53 Å². The van der Waals surface area contributed by atoms with Crippen LogP contribution >= 0.6 is 0 Å². The minimum Gasteiger partial charge on any atom is -0.493 e. The zero-order valence-electron chi connectivity index (χ0n) is 14.2. The first kappa shape index (κ1) is 18.8. The highest BCUT2D eigenvalue weighted by atomic mass is 16.5. The lowest BCUT2D eigenvalue weighted by molar-refractivity contribution is -0.124. The van der Waals surface area contributed by atoms with E-state index in [1.54, 1.807) is 18.2 Å². The van der Waals surface area contributed by atoms with Gasteiger partial charge in [-0.1, -0.05) is 13.3 Å². The molecule has 0 unspecified atom stereocenters. The van der Waals surface area contributed by atoms with Crippen molar-refractivity contribution in [2.24, 2.45) is 0 Å². The summed E-state index contributed by atoms with van der Waals surface area (Å²) in [7, 11) is 1.53. The molecule has 0 aliphatic rings. The lowest BCUT2D eigenvalue weighted by atomic mass is 10.2. The summed E-state index contributed by atoms with van der Waals surface area (Å²) in [5.74, 6) is 0.116. The van der Waals surface area contributed by atoms with Gasteiger partial charge in [0.2, 0.25) is 0 Å². The van der Waals surface area contributed by atoms with Gasteiger partial charge in [0.05, 0.1) is 19.3 Å². The number of esters is 1. The van der Waals surface area contributed by atoms with Gasteiger partial charge in [0.25, 0.3) is 5.91 Å².